The summed E-state index contributed by atoms with van der Waals surface area (Å²) in [7, 11) is 0. The van der Waals surface area contributed by atoms with E-state index in [2.05, 4.69) is 5.32 Å². The van der Waals surface area contributed by atoms with Crippen LogP contribution < -0.4 is 5.32 Å². The van der Waals surface area contributed by atoms with Gasteiger partial charge < -0.3 is 15.5 Å². The summed E-state index contributed by atoms with van der Waals surface area (Å²) in [6, 6.07) is 8.42. The van der Waals surface area contributed by atoms with E-state index in [0.29, 0.717) is 0 Å². The predicted octanol–water partition coefficient (Wildman–Crippen LogP) is 1.33. The molecule has 0 bridgehead atoms. The molecule has 0 aliphatic rings. The van der Waals surface area contributed by atoms with Crippen molar-refractivity contribution < 1.29 is 10.2 Å². The fourth-order valence-electron chi connectivity index (χ4n) is 1.04. The van der Waals surface area contributed by atoms with E-state index >= 15 is 0 Å². The van der Waals surface area contributed by atoms with Gasteiger partial charge in [0.2, 0.25) is 0 Å². The maximum atomic E-state index is 9.44. The second kappa shape index (κ2) is 5.06. The van der Waals surface area contributed by atoms with Crippen molar-refractivity contribution >= 4 is 5.69 Å². The molecule has 1 rings (SSSR count). The lowest BCUT2D eigenvalue weighted by atomic mass is 10.2. The van der Waals surface area contributed by atoms with Crippen LogP contribution in [0.1, 0.15) is 0 Å². The molecule has 0 heterocycles. The zero-order valence-electron chi connectivity index (χ0n) is 8.47. The highest BCUT2D eigenvalue weighted by molar-refractivity contribution is 5.65. The Morgan fingerprint density at radius 1 is 1.06 bits per heavy atom. The van der Waals surface area contributed by atoms with E-state index < -0.39 is 0 Å². The third kappa shape index (κ3) is 2.65. The van der Waals surface area contributed by atoms with Gasteiger partial charge in [0.05, 0.1) is 5.69 Å². The number of anilines is 1. The Hall–Kier alpha value is -3.17. The van der Waals surface area contributed by atoms with Crippen LogP contribution in [0.4, 0.5) is 5.69 Å². The average molecular weight is 226 g/mol. The highest BCUT2D eigenvalue weighted by Crippen LogP contribution is 2.28. The molecule has 0 amide bonds. The van der Waals surface area contributed by atoms with Crippen molar-refractivity contribution in [2.75, 3.05) is 5.32 Å². The molecule has 0 aliphatic carbocycles. The largest absolute Gasteiger partial charge is 0.508 e. The van der Waals surface area contributed by atoms with Gasteiger partial charge in [-0.15, -0.1) is 0 Å². The van der Waals surface area contributed by atoms with E-state index in [1.54, 1.807) is 18.2 Å². The third-order valence-electron chi connectivity index (χ3n) is 1.83. The molecule has 6 heteroatoms. The Bertz CT molecular complexity index is 583. The van der Waals surface area contributed by atoms with Crippen molar-refractivity contribution in [3.63, 3.8) is 0 Å². The first-order valence-corrected chi connectivity index (χ1v) is 4.36. The molecule has 6 nitrogen and oxygen atoms in total. The normalized spacial score (nSPS) is 8.29. The number of nitriles is 3. The quantitative estimate of drug-likeness (QED) is 0.397. The van der Waals surface area contributed by atoms with Crippen LogP contribution in [-0.2, 0) is 0 Å². The number of aromatic hydroxyl groups is 2. The van der Waals surface area contributed by atoms with Gasteiger partial charge in [-0.1, -0.05) is 0 Å². The number of benzene rings is 1. The van der Waals surface area contributed by atoms with Gasteiger partial charge in [0.25, 0.3) is 0 Å². The van der Waals surface area contributed by atoms with Crippen molar-refractivity contribution in [3.8, 4) is 29.7 Å². The van der Waals surface area contributed by atoms with Crippen LogP contribution in [0.15, 0.2) is 29.5 Å². The molecular formula is C11H6N4O2. The average Bonchev–Trinajstić information content (AvgIpc) is 2.32. The summed E-state index contributed by atoms with van der Waals surface area (Å²) in [5, 5.41) is 46.9. The van der Waals surface area contributed by atoms with E-state index in [9.17, 15) is 5.11 Å². The van der Waals surface area contributed by atoms with Crippen LogP contribution in [0.3, 0.4) is 0 Å². The lowest BCUT2D eigenvalue weighted by molar-refractivity contribution is 0.452. The van der Waals surface area contributed by atoms with Crippen LogP contribution in [0.25, 0.3) is 0 Å². The lowest BCUT2D eigenvalue weighted by Crippen LogP contribution is -2.00. The Labute approximate surface area is 96.9 Å². The molecule has 3 N–H and O–H groups in total. The molecule has 82 valence electrons. The van der Waals surface area contributed by atoms with Crippen LogP contribution >= 0.6 is 0 Å². The van der Waals surface area contributed by atoms with Crippen molar-refractivity contribution in [3.05, 3.63) is 29.5 Å². The summed E-state index contributed by atoms with van der Waals surface area (Å²) >= 11 is 0. The summed E-state index contributed by atoms with van der Waals surface area (Å²) in [4.78, 5) is 0. The highest BCUT2D eigenvalue weighted by atomic mass is 16.3. The number of hydrogen-bond acceptors (Lipinski definition) is 6. The van der Waals surface area contributed by atoms with Gasteiger partial charge in [0.15, 0.2) is 5.57 Å². The summed E-state index contributed by atoms with van der Waals surface area (Å²) in [5.41, 5.74) is -0.543. The molecule has 0 aliphatic heterocycles. The first-order chi connectivity index (χ1) is 8.12. The van der Waals surface area contributed by atoms with Crippen LogP contribution in [0.5, 0.6) is 11.5 Å². The summed E-state index contributed by atoms with van der Waals surface area (Å²) in [6.07, 6.45) is 0. The number of allylic oxidation sites excluding steroid dienone is 2. The van der Waals surface area contributed by atoms with Crippen LogP contribution in [0.2, 0.25) is 0 Å². The van der Waals surface area contributed by atoms with Gasteiger partial charge >= 0.3 is 0 Å². The van der Waals surface area contributed by atoms with E-state index in [1.165, 1.54) is 12.1 Å². The van der Waals surface area contributed by atoms with Crippen LogP contribution in [-0.4, -0.2) is 10.2 Å². The molecule has 1 aromatic rings. The van der Waals surface area contributed by atoms with Crippen molar-refractivity contribution in [2.24, 2.45) is 0 Å². The fraction of sp³-hybridized carbons (Fsp3) is 0. The van der Waals surface area contributed by atoms with Crippen molar-refractivity contribution in [1.29, 1.82) is 15.8 Å². The summed E-state index contributed by atoms with van der Waals surface area (Å²) in [6.45, 7) is 0. The first kappa shape index (κ1) is 11.9. The highest BCUT2D eigenvalue weighted by Gasteiger charge is 2.09. The minimum Gasteiger partial charge on any atom is -0.508 e. The smallest absolute Gasteiger partial charge is 0.163 e. The Morgan fingerprint density at radius 3 is 2.18 bits per heavy atom. The molecule has 17 heavy (non-hydrogen) atoms. The minimum atomic E-state index is -0.389. The second-order valence-corrected chi connectivity index (χ2v) is 2.91. The first-order valence-electron chi connectivity index (χ1n) is 4.36. The third-order valence-corrected chi connectivity index (χ3v) is 1.83. The maximum Gasteiger partial charge on any atom is 0.163 e. The number of nitrogens with zero attached hydrogens (tertiary/aromatic N) is 3. The number of phenols is 2. The summed E-state index contributed by atoms with van der Waals surface area (Å²) < 4.78 is 0. The molecule has 0 saturated carbocycles. The SMILES string of the molecule is N#CC(C#N)=C(C#N)Nc1ccc(O)cc1O. The molecule has 0 aromatic heterocycles. The van der Waals surface area contributed by atoms with Gasteiger partial charge in [0.1, 0.15) is 35.4 Å². The molecule has 0 radical (unpaired) electrons. The Morgan fingerprint density at radius 2 is 1.71 bits per heavy atom. The Balaban J connectivity index is 3.16. The van der Waals surface area contributed by atoms with Gasteiger partial charge in [-0.2, -0.15) is 15.8 Å². The Kier molecular flexibility index (Phi) is 3.55. The number of nitrogens with one attached hydrogen (secondary N) is 1. The zero-order valence-corrected chi connectivity index (χ0v) is 8.47. The summed E-state index contributed by atoms with van der Waals surface area (Å²) in [5.74, 6) is -0.440. The molecule has 0 saturated heterocycles. The van der Waals surface area contributed by atoms with E-state index in [0.717, 1.165) is 6.07 Å². The van der Waals surface area contributed by atoms with E-state index in [-0.39, 0.29) is 28.5 Å². The monoisotopic (exact) mass is 226 g/mol. The standard InChI is InChI=1S/C11H6N4O2/c12-4-7(5-13)10(6-14)15-9-2-1-8(16)3-11(9)17/h1-3,15-17H. The van der Waals surface area contributed by atoms with Gasteiger partial charge in [-0.3, -0.25) is 0 Å². The molecule has 0 spiro atoms. The molecule has 0 unspecified atom stereocenters. The van der Waals surface area contributed by atoms with Gasteiger partial charge in [-0.05, 0) is 12.1 Å². The lowest BCUT2D eigenvalue weighted by Gasteiger charge is -2.06. The van der Waals surface area contributed by atoms with Crippen molar-refractivity contribution in [1.82, 2.24) is 0 Å². The van der Waals surface area contributed by atoms with E-state index in [4.69, 9.17) is 20.9 Å². The zero-order chi connectivity index (χ0) is 12.8. The topological polar surface area (TPSA) is 124 Å². The van der Waals surface area contributed by atoms with E-state index in [1.807, 2.05) is 0 Å². The second-order valence-electron chi connectivity index (χ2n) is 2.91. The molecular weight excluding hydrogens is 220 g/mol. The molecule has 1 aromatic carbocycles. The number of hydrogen-bond donors (Lipinski definition) is 3. The van der Waals surface area contributed by atoms with Crippen LogP contribution in [0, 0.1) is 34.0 Å². The fourth-order valence-corrected chi connectivity index (χ4v) is 1.04. The molecule has 0 atom stereocenters. The number of phenolic OH excluding ortho intramolecular Hbond substituents is 2. The van der Waals surface area contributed by atoms with Gasteiger partial charge in [0, 0.05) is 6.07 Å². The maximum absolute atomic E-state index is 9.44. The van der Waals surface area contributed by atoms with Gasteiger partial charge in [-0.25, -0.2) is 0 Å². The predicted molar refractivity (Wildman–Crippen MR) is 57.3 cm³/mol. The minimum absolute atomic E-state index is 0.113. The number of rotatable bonds is 2. The van der Waals surface area contributed by atoms with Crippen molar-refractivity contribution in [2.45, 2.75) is 0 Å². The molecule has 0 fully saturated rings.